The van der Waals surface area contributed by atoms with Gasteiger partial charge in [0.25, 0.3) is 10.0 Å². The summed E-state index contributed by atoms with van der Waals surface area (Å²) in [5, 5.41) is 2.79. The van der Waals surface area contributed by atoms with Gasteiger partial charge in [-0.05, 0) is 74.9 Å². The lowest BCUT2D eigenvalue weighted by atomic mass is 10.1. The molecule has 0 aliphatic carbocycles. The van der Waals surface area contributed by atoms with Crippen molar-refractivity contribution in [1.82, 2.24) is 10.2 Å². The maximum Gasteiger partial charge on any atom is 0.264 e. The van der Waals surface area contributed by atoms with Crippen LogP contribution in [-0.4, -0.2) is 50.9 Å². The summed E-state index contributed by atoms with van der Waals surface area (Å²) in [6, 6.07) is 18.6. The fourth-order valence-electron chi connectivity index (χ4n) is 3.77. The maximum absolute atomic E-state index is 13.8. The van der Waals surface area contributed by atoms with E-state index < -0.39 is 34.3 Å². The number of rotatable bonds is 11. The first-order valence-corrected chi connectivity index (χ1v) is 13.5. The average molecular weight is 542 g/mol. The average Bonchev–Trinajstić information content (AvgIpc) is 2.90. The van der Waals surface area contributed by atoms with Crippen LogP contribution in [0.25, 0.3) is 0 Å². The van der Waals surface area contributed by atoms with Crippen LogP contribution in [0.4, 0.5) is 10.1 Å². The van der Waals surface area contributed by atoms with Crippen LogP contribution in [0.2, 0.25) is 0 Å². The van der Waals surface area contributed by atoms with Gasteiger partial charge in [0.1, 0.15) is 24.2 Å². The first-order valence-electron chi connectivity index (χ1n) is 12.1. The van der Waals surface area contributed by atoms with Crippen LogP contribution < -0.4 is 14.4 Å². The highest BCUT2D eigenvalue weighted by Gasteiger charge is 2.32. The van der Waals surface area contributed by atoms with Crippen LogP contribution in [0.3, 0.4) is 0 Å². The number of carbonyl (C=O) groups is 2. The fourth-order valence-corrected chi connectivity index (χ4v) is 5.19. The summed E-state index contributed by atoms with van der Waals surface area (Å²) >= 11 is 0. The number of para-hydroxylation sites is 1. The van der Waals surface area contributed by atoms with Gasteiger partial charge in [0.15, 0.2) is 0 Å². The molecule has 3 aromatic carbocycles. The molecule has 10 heteroatoms. The van der Waals surface area contributed by atoms with Crippen molar-refractivity contribution in [2.45, 2.75) is 44.3 Å². The molecule has 3 rings (SSSR count). The Balaban J connectivity index is 1.99. The number of halogens is 1. The normalized spacial score (nSPS) is 12.1. The number of sulfonamides is 1. The monoisotopic (exact) mass is 541 g/mol. The van der Waals surface area contributed by atoms with Gasteiger partial charge < -0.3 is 15.0 Å². The zero-order chi connectivity index (χ0) is 27.9. The minimum atomic E-state index is -4.17. The molecular formula is C28H32FN3O5S. The molecule has 0 radical (unpaired) electrons. The number of amides is 2. The Labute approximate surface area is 223 Å². The largest absolute Gasteiger partial charge is 0.497 e. The van der Waals surface area contributed by atoms with E-state index in [1.54, 1.807) is 51.1 Å². The van der Waals surface area contributed by atoms with E-state index in [2.05, 4.69) is 5.32 Å². The van der Waals surface area contributed by atoms with Crippen LogP contribution in [0.1, 0.15) is 26.3 Å². The van der Waals surface area contributed by atoms with Gasteiger partial charge >= 0.3 is 0 Å². The molecule has 0 unspecified atom stereocenters. The molecule has 38 heavy (non-hydrogen) atoms. The third kappa shape index (κ3) is 7.10. The van der Waals surface area contributed by atoms with E-state index in [1.807, 2.05) is 0 Å². The number of carbonyl (C=O) groups excluding carboxylic acids is 2. The van der Waals surface area contributed by atoms with Crippen LogP contribution in [0.5, 0.6) is 5.75 Å². The van der Waals surface area contributed by atoms with Crippen molar-refractivity contribution in [1.29, 1.82) is 0 Å². The zero-order valence-corrected chi connectivity index (χ0v) is 22.6. The number of anilines is 1. The Morgan fingerprint density at radius 3 is 2.08 bits per heavy atom. The van der Waals surface area contributed by atoms with Gasteiger partial charge in [-0.15, -0.1) is 0 Å². The molecular weight excluding hydrogens is 509 g/mol. The molecule has 0 aliphatic heterocycles. The van der Waals surface area contributed by atoms with Gasteiger partial charge in [0.05, 0.1) is 17.7 Å². The van der Waals surface area contributed by atoms with Crippen molar-refractivity contribution in [3.8, 4) is 5.75 Å². The lowest BCUT2D eigenvalue weighted by molar-refractivity contribution is -0.139. The molecule has 0 heterocycles. The second-order valence-electron chi connectivity index (χ2n) is 9.01. The number of ether oxygens (including phenoxy) is 1. The first-order chi connectivity index (χ1) is 18.0. The van der Waals surface area contributed by atoms with E-state index in [0.29, 0.717) is 11.3 Å². The Morgan fingerprint density at radius 2 is 1.53 bits per heavy atom. The van der Waals surface area contributed by atoms with Crippen LogP contribution in [-0.2, 0) is 26.2 Å². The summed E-state index contributed by atoms with van der Waals surface area (Å²) in [5.41, 5.74) is 0.880. The Bertz CT molecular complexity index is 1330. The van der Waals surface area contributed by atoms with E-state index >= 15 is 0 Å². The quantitative estimate of drug-likeness (QED) is 0.396. The molecule has 2 amide bonds. The second-order valence-corrected chi connectivity index (χ2v) is 10.9. The molecule has 0 saturated carbocycles. The van der Waals surface area contributed by atoms with Crippen LogP contribution in [0.15, 0.2) is 83.8 Å². The Morgan fingerprint density at radius 1 is 0.921 bits per heavy atom. The van der Waals surface area contributed by atoms with E-state index in [-0.39, 0.29) is 29.1 Å². The van der Waals surface area contributed by atoms with Gasteiger partial charge in [-0.2, -0.15) is 0 Å². The van der Waals surface area contributed by atoms with Gasteiger partial charge in [-0.3, -0.25) is 13.9 Å². The summed E-state index contributed by atoms with van der Waals surface area (Å²) in [6.45, 7) is 4.60. The van der Waals surface area contributed by atoms with Crippen molar-refractivity contribution in [3.63, 3.8) is 0 Å². The number of nitrogens with zero attached hydrogens (tertiary/aromatic N) is 2. The molecule has 0 spiro atoms. The summed E-state index contributed by atoms with van der Waals surface area (Å²) < 4.78 is 47.1. The minimum absolute atomic E-state index is 0.0169. The molecule has 0 saturated heterocycles. The molecule has 0 fully saturated rings. The Kier molecular flexibility index (Phi) is 9.46. The van der Waals surface area contributed by atoms with E-state index in [4.69, 9.17) is 4.74 Å². The second kappa shape index (κ2) is 12.6. The summed E-state index contributed by atoms with van der Waals surface area (Å²) in [6.07, 6.45) is 0. The third-order valence-corrected chi connectivity index (χ3v) is 7.62. The highest BCUT2D eigenvalue weighted by Crippen LogP contribution is 2.25. The summed E-state index contributed by atoms with van der Waals surface area (Å²) in [4.78, 5) is 27.9. The molecule has 1 atom stereocenters. The van der Waals surface area contributed by atoms with Gasteiger partial charge in [0.2, 0.25) is 11.8 Å². The highest BCUT2D eigenvalue weighted by atomic mass is 32.2. The lowest BCUT2D eigenvalue weighted by Gasteiger charge is -2.32. The number of methoxy groups -OCH3 is 1. The minimum Gasteiger partial charge on any atom is -0.497 e. The molecule has 0 bridgehead atoms. The summed E-state index contributed by atoms with van der Waals surface area (Å²) in [5.74, 6) is -0.929. The molecule has 0 aromatic heterocycles. The Hall–Kier alpha value is -3.92. The van der Waals surface area contributed by atoms with Crippen molar-refractivity contribution < 1.29 is 27.1 Å². The van der Waals surface area contributed by atoms with Crippen molar-refractivity contribution in [3.05, 3.63) is 90.2 Å². The number of hydrogen-bond acceptors (Lipinski definition) is 5. The van der Waals surface area contributed by atoms with Gasteiger partial charge in [-0.25, -0.2) is 12.8 Å². The van der Waals surface area contributed by atoms with Crippen molar-refractivity contribution in [2.24, 2.45) is 0 Å². The fraction of sp³-hybridized carbons (Fsp3) is 0.286. The molecule has 8 nitrogen and oxygen atoms in total. The molecule has 1 N–H and O–H groups in total. The number of hydrogen-bond donors (Lipinski definition) is 1. The third-order valence-electron chi connectivity index (χ3n) is 5.83. The van der Waals surface area contributed by atoms with Gasteiger partial charge in [0, 0.05) is 12.6 Å². The maximum atomic E-state index is 13.8. The van der Waals surface area contributed by atoms with Crippen LogP contribution >= 0.6 is 0 Å². The smallest absolute Gasteiger partial charge is 0.264 e. The number of benzene rings is 3. The topological polar surface area (TPSA) is 96.0 Å². The van der Waals surface area contributed by atoms with E-state index in [0.717, 1.165) is 4.31 Å². The lowest BCUT2D eigenvalue weighted by Crippen LogP contribution is -2.52. The van der Waals surface area contributed by atoms with E-state index in [1.165, 1.54) is 60.5 Å². The number of nitrogens with one attached hydrogen (secondary N) is 1. The molecule has 0 aliphatic rings. The first kappa shape index (κ1) is 28.6. The predicted molar refractivity (Wildman–Crippen MR) is 144 cm³/mol. The SMILES string of the molecule is COc1ccc(S(=O)(=O)N(CC(=O)N(Cc2ccc(F)cc2)[C@H](C)C(=O)NC(C)C)c2ccccc2)cc1. The summed E-state index contributed by atoms with van der Waals surface area (Å²) in [7, 11) is -2.69. The standard InChI is InChI=1S/C28H32FN3O5S/c1-20(2)30-28(34)21(3)31(18-22-10-12-23(29)13-11-22)27(33)19-32(24-8-6-5-7-9-24)38(35,36)26-16-14-25(37-4)15-17-26/h5-17,20-21H,18-19H2,1-4H3,(H,30,34)/t21-/m1/s1. The van der Waals surface area contributed by atoms with Crippen LogP contribution in [0, 0.1) is 5.82 Å². The van der Waals surface area contributed by atoms with Crippen molar-refractivity contribution >= 4 is 27.5 Å². The molecule has 3 aromatic rings. The highest BCUT2D eigenvalue weighted by molar-refractivity contribution is 7.92. The van der Waals surface area contributed by atoms with E-state index in [9.17, 15) is 22.4 Å². The molecule has 202 valence electrons. The zero-order valence-electron chi connectivity index (χ0n) is 21.8. The van der Waals surface area contributed by atoms with Crippen molar-refractivity contribution in [2.75, 3.05) is 18.0 Å². The van der Waals surface area contributed by atoms with Gasteiger partial charge in [-0.1, -0.05) is 30.3 Å². The predicted octanol–water partition coefficient (Wildman–Crippen LogP) is 3.97.